The van der Waals surface area contributed by atoms with E-state index in [1.807, 2.05) is 0 Å². The summed E-state index contributed by atoms with van der Waals surface area (Å²) in [5.41, 5.74) is 0.210. The third kappa shape index (κ3) is 2.30. The van der Waals surface area contributed by atoms with E-state index in [9.17, 15) is 14.5 Å². The van der Waals surface area contributed by atoms with E-state index in [0.717, 1.165) is 22.9 Å². The molecule has 18 heavy (non-hydrogen) atoms. The molecule has 1 unspecified atom stereocenters. The van der Waals surface area contributed by atoms with Gasteiger partial charge in [0.2, 0.25) is 0 Å². The summed E-state index contributed by atoms with van der Waals surface area (Å²) in [6.45, 7) is 1.69. The summed E-state index contributed by atoms with van der Waals surface area (Å²) in [5.74, 6) is -0.591. The van der Waals surface area contributed by atoms with E-state index in [1.54, 1.807) is 6.92 Å². The molecule has 0 amide bonds. The molecule has 0 spiro atoms. The zero-order valence-electron chi connectivity index (χ0n) is 9.25. The van der Waals surface area contributed by atoms with Crippen LogP contribution in [0.2, 0.25) is 0 Å². The first-order valence-corrected chi connectivity index (χ1v) is 5.43. The van der Waals surface area contributed by atoms with Crippen LogP contribution in [0.15, 0.2) is 24.4 Å². The van der Waals surface area contributed by atoms with Crippen molar-refractivity contribution in [2.75, 3.05) is 0 Å². The third-order valence-electron chi connectivity index (χ3n) is 2.30. The minimum Gasteiger partial charge on any atom is -0.258 e. The van der Waals surface area contributed by atoms with Gasteiger partial charge in [-0.05, 0) is 13.0 Å². The van der Waals surface area contributed by atoms with E-state index in [1.165, 1.54) is 6.20 Å². The van der Waals surface area contributed by atoms with E-state index in [2.05, 4.69) is 10.3 Å². The van der Waals surface area contributed by atoms with Gasteiger partial charge in [0.25, 0.3) is 5.69 Å². The van der Waals surface area contributed by atoms with Crippen molar-refractivity contribution in [3.05, 3.63) is 46.0 Å². The van der Waals surface area contributed by atoms with Crippen molar-refractivity contribution in [2.45, 2.75) is 12.3 Å². The van der Waals surface area contributed by atoms with Crippen LogP contribution < -0.4 is 0 Å². The summed E-state index contributed by atoms with van der Waals surface area (Å²) in [4.78, 5) is 10.2. The Morgan fingerprint density at radius 2 is 2.28 bits per heavy atom. The van der Waals surface area contributed by atoms with Gasteiger partial charge in [-0.15, -0.1) is 16.7 Å². The Labute approximate surface area is 106 Å². The molecule has 2 rings (SSSR count). The molecule has 94 valence electrons. The van der Waals surface area contributed by atoms with Gasteiger partial charge in [0, 0.05) is 12.1 Å². The van der Waals surface area contributed by atoms with Crippen molar-refractivity contribution in [3.8, 4) is 5.69 Å². The van der Waals surface area contributed by atoms with Gasteiger partial charge in [0.05, 0.1) is 16.5 Å². The predicted octanol–water partition coefficient (Wildman–Crippen LogP) is 2.61. The normalized spacial score (nSPS) is 12.4. The summed E-state index contributed by atoms with van der Waals surface area (Å²) >= 11 is 5.81. The van der Waals surface area contributed by atoms with E-state index in [0.29, 0.717) is 5.69 Å². The standard InChI is InChI=1S/C10H8ClFN4O2/c1-6(11)8-5-15(14-13-8)10-4-7(12)2-3-9(10)16(17)18/h2-6H,1H3. The van der Waals surface area contributed by atoms with Crippen molar-refractivity contribution in [2.24, 2.45) is 0 Å². The molecule has 1 atom stereocenters. The van der Waals surface area contributed by atoms with Gasteiger partial charge in [0.15, 0.2) is 0 Å². The number of benzene rings is 1. The largest absolute Gasteiger partial charge is 0.295 e. The van der Waals surface area contributed by atoms with Crippen LogP contribution in [-0.4, -0.2) is 19.9 Å². The quantitative estimate of drug-likeness (QED) is 0.488. The highest BCUT2D eigenvalue weighted by Crippen LogP contribution is 2.24. The number of aromatic nitrogens is 3. The maximum atomic E-state index is 13.2. The fourth-order valence-electron chi connectivity index (χ4n) is 1.41. The van der Waals surface area contributed by atoms with Gasteiger partial charge >= 0.3 is 0 Å². The van der Waals surface area contributed by atoms with Gasteiger partial charge in [-0.25, -0.2) is 9.07 Å². The highest BCUT2D eigenvalue weighted by atomic mass is 35.5. The molecule has 0 bridgehead atoms. The highest BCUT2D eigenvalue weighted by molar-refractivity contribution is 6.20. The molecule has 8 heteroatoms. The molecule has 0 fully saturated rings. The minimum absolute atomic E-state index is 0.0102. The minimum atomic E-state index is -0.611. The Hall–Kier alpha value is -2.02. The number of nitro groups is 1. The van der Waals surface area contributed by atoms with Crippen molar-refractivity contribution in [3.63, 3.8) is 0 Å². The van der Waals surface area contributed by atoms with E-state index in [4.69, 9.17) is 11.6 Å². The molecule has 0 saturated carbocycles. The van der Waals surface area contributed by atoms with Crippen LogP contribution >= 0.6 is 11.6 Å². The van der Waals surface area contributed by atoms with Crippen LogP contribution in [0.3, 0.4) is 0 Å². The van der Waals surface area contributed by atoms with E-state index >= 15 is 0 Å². The molecule has 0 aliphatic heterocycles. The van der Waals surface area contributed by atoms with Crippen LogP contribution in [0, 0.1) is 15.9 Å². The van der Waals surface area contributed by atoms with Crippen LogP contribution in [-0.2, 0) is 0 Å². The second-order valence-electron chi connectivity index (χ2n) is 3.59. The van der Waals surface area contributed by atoms with Gasteiger partial charge in [-0.1, -0.05) is 5.21 Å². The number of hydrogen-bond acceptors (Lipinski definition) is 4. The Balaban J connectivity index is 2.54. The molecule has 2 aromatic rings. The number of alkyl halides is 1. The molecule has 0 saturated heterocycles. The first-order chi connectivity index (χ1) is 8.49. The number of nitrogens with zero attached hydrogens (tertiary/aromatic N) is 4. The molecule has 0 aliphatic rings. The molecule has 1 heterocycles. The first kappa shape index (κ1) is 12.4. The second-order valence-corrected chi connectivity index (χ2v) is 4.25. The fourth-order valence-corrected chi connectivity index (χ4v) is 1.51. The van der Waals surface area contributed by atoms with Crippen LogP contribution in [0.1, 0.15) is 18.0 Å². The third-order valence-corrected chi connectivity index (χ3v) is 2.52. The van der Waals surface area contributed by atoms with Crippen LogP contribution in [0.25, 0.3) is 5.69 Å². The van der Waals surface area contributed by atoms with Gasteiger partial charge in [-0.3, -0.25) is 10.1 Å². The lowest BCUT2D eigenvalue weighted by molar-refractivity contribution is -0.384. The SMILES string of the molecule is CC(Cl)c1cn(-c2cc(F)ccc2[N+](=O)[O-])nn1. The molecular formula is C10H8ClFN4O2. The number of rotatable bonds is 3. The van der Waals surface area contributed by atoms with Crippen LogP contribution in [0.5, 0.6) is 0 Å². The van der Waals surface area contributed by atoms with Crippen molar-refractivity contribution >= 4 is 17.3 Å². The Bertz CT molecular complexity index is 599. The molecule has 1 aromatic carbocycles. The van der Waals surface area contributed by atoms with Crippen molar-refractivity contribution in [1.29, 1.82) is 0 Å². The zero-order chi connectivity index (χ0) is 13.3. The molecule has 0 N–H and O–H groups in total. The molecule has 1 aromatic heterocycles. The molecule has 6 nitrogen and oxygen atoms in total. The van der Waals surface area contributed by atoms with Gasteiger partial charge in [0.1, 0.15) is 17.2 Å². The lowest BCUT2D eigenvalue weighted by atomic mass is 10.2. The fraction of sp³-hybridized carbons (Fsp3) is 0.200. The smallest absolute Gasteiger partial charge is 0.258 e. The Morgan fingerprint density at radius 3 is 2.83 bits per heavy atom. The maximum absolute atomic E-state index is 13.2. The summed E-state index contributed by atoms with van der Waals surface area (Å²) in [7, 11) is 0. The summed E-state index contributed by atoms with van der Waals surface area (Å²) in [5, 5.41) is 17.9. The predicted molar refractivity (Wildman–Crippen MR) is 62.2 cm³/mol. The van der Waals surface area contributed by atoms with Gasteiger partial charge < -0.3 is 0 Å². The Kier molecular flexibility index (Phi) is 3.24. The van der Waals surface area contributed by atoms with E-state index < -0.39 is 10.7 Å². The number of nitro benzene ring substituents is 1. The lowest BCUT2D eigenvalue weighted by Crippen LogP contribution is -2.01. The molecule has 0 aliphatic carbocycles. The van der Waals surface area contributed by atoms with Crippen LogP contribution in [0.4, 0.5) is 10.1 Å². The monoisotopic (exact) mass is 270 g/mol. The number of hydrogen-bond donors (Lipinski definition) is 0. The molecular weight excluding hydrogens is 263 g/mol. The summed E-state index contributed by atoms with van der Waals surface area (Å²) < 4.78 is 14.3. The van der Waals surface area contributed by atoms with Crippen molar-refractivity contribution in [1.82, 2.24) is 15.0 Å². The van der Waals surface area contributed by atoms with E-state index in [-0.39, 0.29) is 16.8 Å². The average molecular weight is 271 g/mol. The Morgan fingerprint density at radius 1 is 1.56 bits per heavy atom. The van der Waals surface area contributed by atoms with Gasteiger partial charge in [-0.2, -0.15) is 0 Å². The summed E-state index contributed by atoms with van der Waals surface area (Å²) in [6.07, 6.45) is 1.43. The average Bonchev–Trinajstić information content (AvgIpc) is 2.77. The highest BCUT2D eigenvalue weighted by Gasteiger charge is 2.18. The maximum Gasteiger partial charge on any atom is 0.295 e. The lowest BCUT2D eigenvalue weighted by Gasteiger charge is -2.01. The zero-order valence-corrected chi connectivity index (χ0v) is 10.0. The van der Waals surface area contributed by atoms with Crippen molar-refractivity contribution < 1.29 is 9.31 Å². The second kappa shape index (κ2) is 4.69. The topological polar surface area (TPSA) is 73.8 Å². The summed E-state index contributed by atoms with van der Waals surface area (Å²) in [6, 6.07) is 3.12. The molecule has 0 radical (unpaired) electrons. The number of halogens is 2. The first-order valence-electron chi connectivity index (χ1n) is 4.99.